The van der Waals surface area contributed by atoms with E-state index in [-0.39, 0.29) is 47.7 Å². The van der Waals surface area contributed by atoms with Crippen LogP contribution in [0.1, 0.15) is 119 Å². The lowest BCUT2D eigenvalue weighted by Crippen LogP contribution is -2.55. The Labute approximate surface area is 259 Å². The van der Waals surface area contributed by atoms with Crippen LogP contribution in [0.2, 0.25) is 0 Å². The van der Waals surface area contributed by atoms with Gasteiger partial charge in [-0.2, -0.15) is 0 Å². The number of benzene rings is 2. The topological polar surface area (TPSA) is 55.4 Å². The van der Waals surface area contributed by atoms with Crippen LogP contribution in [-0.2, 0) is 26.6 Å². The highest BCUT2D eigenvalue weighted by Crippen LogP contribution is 2.37. The molecule has 0 aliphatic rings. The van der Waals surface area contributed by atoms with Gasteiger partial charge in [0.25, 0.3) is 0 Å². The van der Waals surface area contributed by atoms with E-state index in [1.54, 1.807) is 0 Å². The van der Waals surface area contributed by atoms with Crippen LogP contribution in [0.5, 0.6) is 0 Å². The van der Waals surface area contributed by atoms with Crippen molar-refractivity contribution in [2.45, 2.75) is 145 Å². The molecule has 0 saturated carbocycles. The van der Waals surface area contributed by atoms with Crippen LogP contribution in [0.25, 0.3) is 11.1 Å². The Morgan fingerprint density at radius 3 is 1.05 bits per heavy atom. The molecule has 2 atom stereocenters. The van der Waals surface area contributed by atoms with E-state index in [9.17, 15) is 0 Å². The van der Waals surface area contributed by atoms with Gasteiger partial charge >= 0.3 is 17.6 Å². The lowest BCUT2D eigenvalue weighted by atomic mass is 10.0. The van der Waals surface area contributed by atoms with Gasteiger partial charge in [-0.25, -0.2) is 0 Å². The third-order valence-corrected chi connectivity index (χ3v) is 14.2. The van der Waals surface area contributed by atoms with Crippen LogP contribution in [-0.4, -0.2) is 54.2 Å². The molecule has 0 spiro atoms. The van der Waals surface area contributed by atoms with Gasteiger partial charge in [0.15, 0.2) is 0 Å². The Hall–Kier alpha value is -1.37. The molecule has 0 radical (unpaired) electrons. The number of hydrogen-bond donors (Lipinski definition) is 0. The molecule has 0 aliphatic carbocycles. The molecule has 0 heterocycles. The molecule has 0 fully saturated rings. The van der Waals surface area contributed by atoms with E-state index in [4.69, 9.17) is 26.6 Å². The van der Waals surface area contributed by atoms with Gasteiger partial charge in [0.1, 0.15) is 0 Å². The maximum Gasteiger partial charge on any atom is 0.509 e. The molecular weight excluding hydrogens is 561 g/mol. The monoisotopic (exact) mass is 618 g/mol. The quantitative estimate of drug-likeness (QED) is 0.165. The SMILES string of the molecule is CC(C)O[Si](OC(C)C)(OC(C)C)[C@H](C)c1ccc(-c2cccc([C@@H](C)[Si](OC(C)C)(OC(C)C)OC(C)C)c2)cc1. The molecule has 2 aromatic rings. The standard InChI is InChI=1S/C34H58O6Si2/c1-23(2)35-41(36-24(3)4,37-25(5)6)29(13)31-18-20-32(21-19-31)34-17-15-16-33(22-34)30(14)42(38-26(7)8,39-27(9)10)40-28(11)12/h15-30H,1-14H3/t29-,30-/m1/s1. The minimum Gasteiger partial charge on any atom is -0.371 e. The Morgan fingerprint density at radius 2 is 0.714 bits per heavy atom. The summed E-state index contributed by atoms with van der Waals surface area (Å²) in [6.45, 7) is 28.9. The van der Waals surface area contributed by atoms with Crippen LogP contribution in [0.4, 0.5) is 0 Å². The lowest BCUT2D eigenvalue weighted by Gasteiger charge is -2.38. The predicted octanol–water partition coefficient (Wildman–Crippen LogP) is 9.07. The maximum atomic E-state index is 6.54. The second-order valence-corrected chi connectivity index (χ2v) is 18.5. The highest BCUT2D eigenvalue weighted by Gasteiger charge is 2.51. The highest BCUT2D eigenvalue weighted by molar-refractivity contribution is 6.63. The minimum absolute atomic E-state index is 0.00434. The zero-order chi connectivity index (χ0) is 31.8. The molecule has 0 aliphatic heterocycles. The van der Waals surface area contributed by atoms with Gasteiger partial charge in [0.2, 0.25) is 0 Å². The van der Waals surface area contributed by atoms with Crippen LogP contribution in [0.3, 0.4) is 0 Å². The van der Waals surface area contributed by atoms with Gasteiger partial charge in [0.05, 0.1) is 11.1 Å². The zero-order valence-electron chi connectivity index (χ0n) is 28.7. The van der Waals surface area contributed by atoms with Gasteiger partial charge in [0, 0.05) is 36.6 Å². The summed E-state index contributed by atoms with van der Waals surface area (Å²) in [5.41, 5.74) is 4.50. The van der Waals surface area contributed by atoms with Crippen molar-refractivity contribution in [3.8, 4) is 11.1 Å². The average Bonchev–Trinajstić information content (AvgIpc) is 2.85. The van der Waals surface area contributed by atoms with Crippen LogP contribution >= 0.6 is 0 Å². The first-order chi connectivity index (χ1) is 19.5. The minimum atomic E-state index is -3.08. The summed E-state index contributed by atoms with van der Waals surface area (Å²) < 4.78 is 39.1. The van der Waals surface area contributed by atoms with Crippen molar-refractivity contribution in [1.29, 1.82) is 0 Å². The molecular formula is C34H58O6Si2. The Morgan fingerprint density at radius 1 is 0.381 bits per heavy atom. The lowest BCUT2D eigenvalue weighted by molar-refractivity contribution is -0.00433. The first kappa shape index (κ1) is 36.8. The van der Waals surface area contributed by atoms with Crippen molar-refractivity contribution < 1.29 is 26.6 Å². The smallest absolute Gasteiger partial charge is 0.371 e. The fourth-order valence-corrected chi connectivity index (χ4v) is 11.8. The molecule has 0 aromatic heterocycles. The summed E-state index contributed by atoms with van der Waals surface area (Å²) >= 11 is 0. The summed E-state index contributed by atoms with van der Waals surface area (Å²) in [6, 6.07) is 17.4. The fourth-order valence-electron chi connectivity index (χ4n) is 5.11. The summed E-state index contributed by atoms with van der Waals surface area (Å²) in [5.74, 6) is 0. The van der Waals surface area contributed by atoms with E-state index >= 15 is 0 Å². The molecule has 2 aromatic carbocycles. The molecule has 0 bridgehead atoms. The Bertz CT molecular complexity index is 1010. The normalized spacial score (nSPS) is 14.7. The molecule has 0 unspecified atom stereocenters. The van der Waals surface area contributed by atoms with Crippen molar-refractivity contribution in [2.75, 3.05) is 0 Å². The van der Waals surface area contributed by atoms with E-state index < -0.39 is 17.6 Å². The average molecular weight is 619 g/mol. The Kier molecular flexibility index (Phi) is 14.1. The second kappa shape index (κ2) is 16.1. The van der Waals surface area contributed by atoms with E-state index in [0.29, 0.717) is 0 Å². The molecule has 42 heavy (non-hydrogen) atoms. The van der Waals surface area contributed by atoms with E-state index in [2.05, 4.69) is 62.4 Å². The number of rotatable bonds is 17. The molecule has 8 heteroatoms. The van der Waals surface area contributed by atoms with E-state index in [1.165, 1.54) is 0 Å². The summed E-state index contributed by atoms with van der Waals surface area (Å²) in [5, 5.41) is 0. The predicted molar refractivity (Wildman–Crippen MR) is 178 cm³/mol. The van der Waals surface area contributed by atoms with Gasteiger partial charge in [-0.15, -0.1) is 0 Å². The van der Waals surface area contributed by atoms with Crippen LogP contribution in [0.15, 0.2) is 48.5 Å². The molecule has 6 nitrogen and oxygen atoms in total. The van der Waals surface area contributed by atoms with Crippen molar-refractivity contribution >= 4 is 17.6 Å². The Balaban J connectivity index is 2.48. The highest BCUT2D eigenvalue weighted by atomic mass is 28.4. The van der Waals surface area contributed by atoms with Crippen molar-refractivity contribution in [2.24, 2.45) is 0 Å². The summed E-state index contributed by atoms with van der Waals surface area (Å²) in [6.07, 6.45) is -0.0435. The van der Waals surface area contributed by atoms with Crippen LogP contribution in [0, 0.1) is 0 Å². The molecule has 0 saturated heterocycles. The summed E-state index contributed by atoms with van der Waals surface area (Å²) in [7, 11) is -6.12. The largest absolute Gasteiger partial charge is 0.509 e. The first-order valence-corrected chi connectivity index (χ1v) is 19.4. The third kappa shape index (κ3) is 10.4. The summed E-state index contributed by atoms with van der Waals surface area (Å²) in [4.78, 5) is 0. The zero-order valence-corrected chi connectivity index (χ0v) is 30.7. The van der Waals surface area contributed by atoms with Gasteiger partial charge in [-0.3, -0.25) is 0 Å². The van der Waals surface area contributed by atoms with Crippen molar-refractivity contribution in [3.05, 3.63) is 59.7 Å². The van der Waals surface area contributed by atoms with Crippen LogP contribution < -0.4 is 0 Å². The fraction of sp³-hybridized carbons (Fsp3) is 0.647. The third-order valence-electron chi connectivity index (χ3n) is 6.59. The van der Waals surface area contributed by atoms with E-state index in [0.717, 1.165) is 22.3 Å². The molecule has 2 rings (SSSR count). The molecule has 0 N–H and O–H groups in total. The van der Waals surface area contributed by atoms with E-state index in [1.807, 2.05) is 83.1 Å². The maximum absolute atomic E-state index is 6.54. The van der Waals surface area contributed by atoms with Crippen molar-refractivity contribution in [1.82, 2.24) is 0 Å². The first-order valence-electron chi connectivity index (χ1n) is 15.8. The van der Waals surface area contributed by atoms with Gasteiger partial charge in [-0.05, 0) is 105 Å². The van der Waals surface area contributed by atoms with Crippen molar-refractivity contribution in [3.63, 3.8) is 0 Å². The number of hydrogen-bond acceptors (Lipinski definition) is 6. The molecule has 0 amide bonds. The van der Waals surface area contributed by atoms with Gasteiger partial charge in [-0.1, -0.05) is 62.4 Å². The molecule has 238 valence electrons. The second-order valence-electron chi connectivity index (χ2n) is 12.9. The van der Waals surface area contributed by atoms with Gasteiger partial charge < -0.3 is 26.6 Å².